The number of methoxy groups -OCH3 is 1. The number of nitrogens with one attached hydrogen (secondary N) is 1. The van der Waals surface area contributed by atoms with Crippen molar-refractivity contribution in [2.75, 3.05) is 32.7 Å². The van der Waals surface area contributed by atoms with Gasteiger partial charge >= 0.3 is 0 Å². The Morgan fingerprint density at radius 1 is 1.35 bits per heavy atom. The van der Waals surface area contributed by atoms with E-state index in [2.05, 4.69) is 39.3 Å². The first-order chi connectivity index (χ1) is 12.7. The van der Waals surface area contributed by atoms with Crippen LogP contribution >= 0.6 is 0 Å². The van der Waals surface area contributed by atoms with Crippen molar-refractivity contribution in [1.29, 1.82) is 0 Å². The van der Waals surface area contributed by atoms with Gasteiger partial charge in [-0.3, -0.25) is 4.98 Å². The van der Waals surface area contributed by atoms with Crippen LogP contribution in [-0.2, 0) is 23.1 Å². The fourth-order valence-electron chi connectivity index (χ4n) is 3.59. The van der Waals surface area contributed by atoms with Gasteiger partial charge < -0.3 is 19.4 Å². The highest BCUT2D eigenvalue weighted by molar-refractivity contribution is 5.96. The van der Waals surface area contributed by atoms with Crippen molar-refractivity contribution in [2.24, 2.45) is 7.05 Å². The number of hydrogen-bond acceptors (Lipinski definition) is 5. The molecule has 0 radical (unpaired) electrons. The van der Waals surface area contributed by atoms with Crippen LogP contribution in [0.15, 0.2) is 30.6 Å². The van der Waals surface area contributed by atoms with Gasteiger partial charge in [0.25, 0.3) is 0 Å². The summed E-state index contributed by atoms with van der Waals surface area (Å²) in [4.78, 5) is 9.43. The van der Waals surface area contributed by atoms with Crippen LogP contribution in [0.4, 0.5) is 5.82 Å². The van der Waals surface area contributed by atoms with Crippen molar-refractivity contribution in [3.63, 3.8) is 0 Å². The zero-order valence-corrected chi connectivity index (χ0v) is 15.5. The molecule has 4 heterocycles. The molecule has 1 fully saturated rings. The lowest BCUT2D eigenvalue weighted by Crippen LogP contribution is -2.04. The number of fused-ring (bicyclic) bond motifs is 1. The minimum absolute atomic E-state index is 0.357. The SMILES string of the molecule is CNc1cc2c(-c3cc(COC)cc(C4CCOC4)n3)cn(C)c2cn1. The summed E-state index contributed by atoms with van der Waals surface area (Å²) in [7, 11) is 5.64. The molecule has 0 bridgehead atoms. The Balaban J connectivity index is 1.87. The first kappa shape index (κ1) is 17.0. The molecule has 1 unspecified atom stereocenters. The van der Waals surface area contributed by atoms with Gasteiger partial charge in [0.1, 0.15) is 5.82 Å². The minimum atomic E-state index is 0.357. The van der Waals surface area contributed by atoms with Crippen molar-refractivity contribution in [3.8, 4) is 11.3 Å². The van der Waals surface area contributed by atoms with Crippen LogP contribution in [0.25, 0.3) is 22.2 Å². The summed E-state index contributed by atoms with van der Waals surface area (Å²) in [5.74, 6) is 1.21. The summed E-state index contributed by atoms with van der Waals surface area (Å²) in [6.45, 7) is 2.12. The number of anilines is 1. The van der Waals surface area contributed by atoms with Gasteiger partial charge in [-0.25, -0.2) is 4.98 Å². The molecule has 3 aromatic heterocycles. The van der Waals surface area contributed by atoms with E-state index in [0.29, 0.717) is 12.5 Å². The van der Waals surface area contributed by atoms with E-state index in [0.717, 1.165) is 58.9 Å². The van der Waals surface area contributed by atoms with Gasteiger partial charge in [-0.1, -0.05) is 0 Å². The quantitative estimate of drug-likeness (QED) is 0.763. The second-order valence-electron chi connectivity index (χ2n) is 6.77. The highest BCUT2D eigenvalue weighted by Crippen LogP contribution is 2.33. The fourth-order valence-corrected chi connectivity index (χ4v) is 3.59. The lowest BCUT2D eigenvalue weighted by atomic mass is 10.0. The van der Waals surface area contributed by atoms with E-state index in [1.54, 1.807) is 7.11 Å². The molecule has 4 rings (SSSR count). The summed E-state index contributed by atoms with van der Waals surface area (Å²) in [6, 6.07) is 6.35. The lowest BCUT2D eigenvalue weighted by molar-refractivity contribution is 0.184. The maximum absolute atomic E-state index is 5.57. The van der Waals surface area contributed by atoms with Crippen molar-refractivity contribution in [2.45, 2.75) is 18.9 Å². The standard InChI is InChI=1S/C20H24N4O2/c1-21-20-8-15-16(10-24(2)19(15)9-22-20)18-7-13(11-25-3)6-17(23-18)14-4-5-26-12-14/h6-10,14H,4-5,11-12H2,1-3H3,(H,21,22). The molecule has 136 valence electrons. The van der Waals surface area contributed by atoms with Gasteiger partial charge in [0.05, 0.1) is 30.6 Å². The number of aromatic nitrogens is 3. The van der Waals surface area contributed by atoms with E-state index in [1.165, 1.54) is 0 Å². The normalized spacial score (nSPS) is 17.1. The maximum Gasteiger partial charge on any atom is 0.126 e. The van der Waals surface area contributed by atoms with Crippen molar-refractivity contribution in [3.05, 3.63) is 41.9 Å². The molecule has 0 saturated carbocycles. The number of hydrogen-bond donors (Lipinski definition) is 1. The number of rotatable bonds is 5. The Morgan fingerprint density at radius 3 is 2.96 bits per heavy atom. The van der Waals surface area contributed by atoms with Gasteiger partial charge in [0.2, 0.25) is 0 Å². The third-order valence-electron chi connectivity index (χ3n) is 4.97. The first-order valence-electron chi connectivity index (χ1n) is 8.90. The Labute approximate surface area is 153 Å². The molecule has 6 heteroatoms. The topological polar surface area (TPSA) is 61.2 Å². The molecular formula is C20H24N4O2. The molecule has 6 nitrogen and oxygen atoms in total. The van der Waals surface area contributed by atoms with E-state index in [4.69, 9.17) is 14.5 Å². The van der Waals surface area contributed by atoms with Gasteiger partial charge in [-0.05, 0) is 30.2 Å². The predicted octanol–water partition coefficient (Wildman–Crippen LogP) is 3.33. The van der Waals surface area contributed by atoms with Crippen LogP contribution in [0, 0.1) is 0 Å². The number of pyridine rings is 2. The van der Waals surface area contributed by atoms with Gasteiger partial charge in [-0.15, -0.1) is 0 Å². The van der Waals surface area contributed by atoms with Crippen LogP contribution in [0.2, 0.25) is 0 Å². The monoisotopic (exact) mass is 352 g/mol. The number of ether oxygens (including phenoxy) is 2. The summed E-state index contributed by atoms with van der Waals surface area (Å²) >= 11 is 0. The molecule has 1 aliphatic rings. The zero-order chi connectivity index (χ0) is 18.1. The molecule has 3 aromatic rings. The Morgan fingerprint density at radius 2 is 2.23 bits per heavy atom. The van der Waals surface area contributed by atoms with E-state index >= 15 is 0 Å². The third kappa shape index (κ3) is 3.06. The highest BCUT2D eigenvalue weighted by Gasteiger charge is 2.21. The van der Waals surface area contributed by atoms with Crippen molar-refractivity contribution >= 4 is 16.7 Å². The molecular weight excluding hydrogens is 328 g/mol. The molecule has 1 N–H and O–H groups in total. The van der Waals surface area contributed by atoms with E-state index < -0.39 is 0 Å². The van der Waals surface area contributed by atoms with Crippen LogP contribution in [0.1, 0.15) is 23.6 Å². The molecule has 26 heavy (non-hydrogen) atoms. The second kappa shape index (κ2) is 7.05. The van der Waals surface area contributed by atoms with E-state index in [1.807, 2.05) is 20.3 Å². The second-order valence-corrected chi connectivity index (χ2v) is 6.77. The summed E-state index contributed by atoms with van der Waals surface area (Å²) in [5.41, 5.74) is 5.40. The van der Waals surface area contributed by atoms with Crippen molar-refractivity contribution < 1.29 is 9.47 Å². The maximum atomic E-state index is 5.57. The summed E-state index contributed by atoms with van der Waals surface area (Å²) in [5, 5.41) is 4.26. The zero-order valence-electron chi connectivity index (χ0n) is 15.5. The van der Waals surface area contributed by atoms with Crippen LogP contribution in [-0.4, -0.2) is 41.9 Å². The van der Waals surface area contributed by atoms with Gasteiger partial charge in [0.15, 0.2) is 0 Å². The smallest absolute Gasteiger partial charge is 0.126 e. The summed E-state index contributed by atoms with van der Waals surface area (Å²) < 4.78 is 13.0. The highest BCUT2D eigenvalue weighted by atomic mass is 16.5. The molecule has 0 spiro atoms. The Bertz CT molecular complexity index is 929. The first-order valence-corrected chi connectivity index (χ1v) is 8.90. The van der Waals surface area contributed by atoms with E-state index in [-0.39, 0.29) is 0 Å². The Hall–Kier alpha value is -2.44. The molecule has 1 saturated heterocycles. The largest absolute Gasteiger partial charge is 0.381 e. The molecule has 0 aromatic carbocycles. The molecule has 1 atom stereocenters. The van der Waals surface area contributed by atoms with E-state index in [9.17, 15) is 0 Å². The summed E-state index contributed by atoms with van der Waals surface area (Å²) in [6.07, 6.45) is 5.04. The number of nitrogens with zero attached hydrogens (tertiary/aromatic N) is 3. The van der Waals surface area contributed by atoms with Crippen LogP contribution in [0.5, 0.6) is 0 Å². The number of aryl methyl sites for hydroxylation is 1. The van der Waals surface area contributed by atoms with Crippen LogP contribution < -0.4 is 5.32 Å². The van der Waals surface area contributed by atoms with Crippen molar-refractivity contribution in [1.82, 2.24) is 14.5 Å². The van der Waals surface area contributed by atoms with Gasteiger partial charge in [-0.2, -0.15) is 0 Å². The third-order valence-corrected chi connectivity index (χ3v) is 4.97. The fraction of sp³-hybridized carbons (Fsp3) is 0.400. The lowest BCUT2D eigenvalue weighted by Gasteiger charge is -2.12. The predicted molar refractivity (Wildman–Crippen MR) is 102 cm³/mol. The Kier molecular flexibility index (Phi) is 4.61. The van der Waals surface area contributed by atoms with Gasteiger partial charge in [0, 0.05) is 56.6 Å². The molecule has 0 aliphatic carbocycles. The average Bonchev–Trinajstić information content (AvgIpc) is 3.30. The van der Waals surface area contributed by atoms with Crippen LogP contribution in [0.3, 0.4) is 0 Å². The molecule has 0 amide bonds. The minimum Gasteiger partial charge on any atom is -0.381 e. The molecule has 1 aliphatic heterocycles. The average molecular weight is 352 g/mol.